The molecule has 1 N–H and O–H groups in total. The highest BCUT2D eigenvalue weighted by Crippen LogP contribution is 2.24. The first-order valence-corrected chi connectivity index (χ1v) is 11.2. The van der Waals surface area contributed by atoms with Crippen LogP contribution in [0.25, 0.3) is 5.76 Å². The molecule has 32 heavy (non-hydrogen) atoms. The van der Waals surface area contributed by atoms with E-state index in [9.17, 15) is 4.79 Å². The number of ether oxygens (including phenoxy) is 2. The Labute approximate surface area is 189 Å². The molecule has 0 bridgehead atoms. The topological polar surface area (TPSA) is 59.0 Å². The summed E-state index contributed by atoms with van der Waals surface area (Å²) in [6.45, 7) is 2.48. The van der Waals surface area contributed by atoms with Crippen LogP contribution in [0, 0.1) is 0 Å². The largest absolute Gasteiger partial charge is 0.492 e. The Morgan fingerprint density at radius 1 is 1.16 bits per heavy atom. The van der Waals surface area contributed by atoms with Gasteiger partial charge in [0.05, 0.1) is 0 Å². The van der Waals surface area contributed by atoms with Gasteiger partial charge in [-0.2, -0.15) is 0 Å². The Bertz CT molecular complexity index is 1000. The van der Waals surface area contributed by atoms with E-state index in [1.807, 2.05) is 54.6 Å². The van der Waals surface area contributed by atoms with Gasteiger partial charge in [0.15, 0.2) is 5.76 Å². The van der Waals surface area contributed by atoms with Crippen LogP contribution >= 0.6 is 0 Å². The van der Waals surface area contributed by atoms with Crippen molar-refractivity contribution >= 4 is 11.7 Å². The summed E-state index contributed by atoms with van der Waals surface area (Å²) in [5, 5.41) is 8.84. The van der Waals surface area contributed by atoms with Crippen molar-refractivity contribution in [3.05, 3.63) is 89.4 Å². The SMILES string of the molecule is O=C(O)CCCN1CCC[C@@H]1COc1ccc(CC2=CC=C=C(c3ccccc3)O2)cc1. The Kier molecular flexibility index (Phi) is 7.44. The van der Waals surface area contributed by atoms with Crippen LogP contribution < -0.4 is 4.74 Å². The van der Waals surface area contributed by atoms with E-state index in [-0.39, 0.29) is 6.42 Å². The van der Waals surface area contributed by atoms with Gasteiger partial charge in [-0.15, -0.1) is 0 Å². The quantitative estimate of drug-likeness (QED) is 0.534. The lowest BCUT2D eigenvalue weighted by Gasteiger charge is -2.24. The zero-order chi connectivity index (χ0) is 22.2. The molecule has 2 aromatic carbocycles. The lowest BCUT2D eigenvalue weighted by atomic mass is 10.1. The number of allylic oxidation sites excluding steroid dienone is 3. The van der Waals surface area contributed by atoms with Gasteiger partial charge >= 0.3 is 5.97 Å². The minimum absolute atomic E-state index is 0.226. The van der Waals surface area contributed by atoms with E-state index in [1.165, 1.54) is 0 Å². The minimum atomic E-state index is -0.727. The highest BCUT2D eigenvalue weighted by atomic mass is 16.5. The van der Waals surface area contributed by atoms with Crippen LogP contribution in [0.2, 0.25) is 0 Å². The molecule has 0 saturated carbocycles. The lowest BCUT2D eigenvalue weighted by molar-refractivity contribution is -0.137. The molecule has 2 heterocycles. The maximum absolute atomic E-state index is 10.7. The van der Waals surface area contributed by atoms with E-state index in [0.717, 1.165) is 54.3 Å². The van der Waals surface area contributed by atoms with E-state index in [0.29, 0.717) is 25.5 Å². The van der Waals surface area contributed by atoms with Gasteiger partial charge in [0.2, 0.25) is 0 Å². The Morgan fingerprint density at radius 2 is 1.97 bits per heavy atom. The second-order valence-corrected chi connectivity index (χ2v) is 8.20. The van der Waals surface area contributed by atoms with Gasteiger partial charge in [-0.1, -0.05) is 48.2 Å². The lowest BCUT2D eigenvalue weighted by Crippen LogP contribution is -2.35. The van der Waals surface area contributed by atoms with Crippen molar-refractivity contribution in [3.63, 3.8) is 0 Å². The van der Waals surface area contributed by atoms with E-state index in [2.05, 4.69) is 22.8 Å². The van der Waals surface area contributed by atoms with Crippen LogP contribution in [0.4, 0.5) is 0 Å². The standard InChI is InChI=1S/C27H29NO4/c29-27(30)12-6-18-28-17-5-9-23(28)20-31-24-15-13-21(14-16-24)19-25-10-4-11-26(32-25)22-7-2-1-3-8-22/h1-4,7-8,10,13-16,23H,5-6,9,12,17-20H2,(H,29,30)/t23-/m1/s1. The van der Waals surface area contributed by atoms with Crippen molar-refractivity contribution in [1.29, 1.82) is 0 Å². The second kappa shape index (κ2) is 10.9. The molecule has 1 atom stereocenters. The number of carboxylic acid groups (broad SMARTS) is 1. The molecule has 1 fully saturated rings. The zero-order valence-corrected chi connectivity index (χ0v) is 18.2. The van der Waals surface area contributed by atoms with Crippen molar-refractivity contribution < 1.29 is 19.4 Å². The summed E-state index contributed by atoms with van der Waals surface area (Å²) in [5.41, 5.74) is 5.34. The zero-order valence-electron chi connectivity index (χ0n) is 18.2. The molecule has 5 heteroatoms. The third-order valence-corrected chi connectivity index (χ3v) is 5.83. The van der Waals surface area contributed by atoms with Crippen LogP contribution in [0.5, 0.6) is 5.75 Å². The molecule has 0 aliphatic carbocycles. The van der Waals surface area contributed by atoms with Gasteiger partial charge < -0.3 is 14.6 Å². The maximum atomic E-state index is 10.7. The molecule has 0 radical (unpaired) electrons. The third kappa shape index (κ3) is 6.13. The van der Waals surface area contributed by atoms with Crippen molar-refractivity contribution in [1.82, 2.24) is 4.90 Å². The molecule has 2 aromatic rings. The predicted molar refractivity (Wildman–Crippen MR) is 124 cm³/mol. The molecule has 2 aliphatic rings. The minimum Gasteiger partial charge on any atom is -0.492 e. The normalized spacial score (nSPS) is 18.1. The summed E-state index contributed by atoms with van der Waals surface area (Å²) >= 11 is 0. The molecule has 0 aromatic heterocycles. The highest BCUT2D eigenvalue weighted by Gasteiger charge is 2.24. The summed E-state index contributed by atoms with van der Waals surface area (Å²) < 4.78 is 12.1. The van der Waals surface area contributed by atoms with E-state index < -0.39 is 5.97 Å². The van der Waals surface area contributed by atoms with Gasteiger partial charge in [-0.05, 0) is 62.2 Å². The van der Waals surface area contributed by atoms with Gasteiger partial charge in [-0.25, -0.2) is 0 Å². The van der Waals surface area contributed by atoms with Crippen LogP contribution in [-0.4, -0.2) is 41.7 Å². The maximum Gasteiger partial charge on any atom is 0.303 e. The fraction of sp³-hybridized carbons (Fsp3) is 0.333. The van der Waals surface area contributed by atoms with E-state index in [4.69, 9.17) is 14.6 Å². The summed E-state index contributed by atoms with van der Waals surface area (Å²) in [7, 11) is 0. The average molecular weight is 432 g/mol. The average Bonchev–Trinajstić information content (AvgIpc) is 3.26. The Balaban J connectivity index is 1.25. The van der Waals surface area contributed by atoms with Crippen molar-refractivity contribution in [3.8, 4) is 5.75 Å². The number of aliphatic carboxylic acids is 1. The predicted octanol–water partition coefficient (Wildman–Crippen LogP) is 5.05. The summed E-state index contributed by atoms with van der Waals surface area (Å²) in [4.78, 5) is 13.1. The summed E-state index contributed by atoms with van der Waals surface area (Å²) in [5.74, 6) is 1.76. The van der Waals surface area contributed by atoms with Crippen LogP contribution in [0.1, 0.15) is 36.8 Å². The molecule has 166 valence electrons. The number of rotatable bonds is 10. The van der Waals surface area contributed by atoms with Crippen molar-refractivity contribution in [2.75, 3.05) is 19.7 Å². The number of carbonyl (C=O) groups is 1. The van der Waals surface area contributed by atoms with Crippen molar-refractivity contribution in [2.24, 2.45) is 0 Å². The molecule has 5 nitrogen and oxygen atoms in total. The third-order valence-electron chi connectivity index (χ3n) is 5.83. The van der Waals surface area contributed by atoms with Gasteiger partial charge in [0.25, 0.3) is 0 Å². The monoisotopic (exact) mass is 431 g/mol. The number of benzene rings is 2. The first-order chi connectivity index (χ1) is 15.7. The molecule has 1 saturated heterocycles. The molecule has 0 unspecified atom stereocenters. The fourth-order valence-corrected chi connectivity index (χ4v) is 4.14. The molecular formula is C27H29NO4. The van der Waals surface area contributed by atoms with Crippen molar-refractivity contribution in [2.45, 2.75) is 38.1 Å². The summed E-state index contributed by atoms with van der Waals surface area (Å²) in [6.07, 6.45) is 7.72. The number of likely N-dealkylation sites (tertiary alicyclic amines) is 1. The number of hydrogen-bond acceptors (Lipinski definition) is 4. The molecule has 0 spiro atoms. The Morgan fingerprint density at radius 3 is 2.75 bits per heavy atom. The van der Waals surface area contributed by atoms with Crippen LogP contribution in [0.3, 0.4) is 0 Å². The molecule has 0 amide bonds. The van der Waals surface area contributed by atoms with E-state index >= 15 is 0 Å². The van der Waals surface area contributed by atoms with Gasteiger partial charge in [0.1, 0.15) is 18.1 Å². The fourth-order valence-electron chi connectivity index (χ4n) is 4.14. The summed E-state index contributed by atoms with van der Waals surface area (Å²) in [6, 6.07) is 18.5. The number of hydrogen-bond donors (Lipinski definition) is 1. The second-order valence-electron chi connectivity index (χ2n) is 8.20. The number of nitrogens with zero attached hydrogens (tertiary/aromatic N) is 1. The first-order valence-electron chi connectivity index (χ1n) is 11.2. The smallest absolute Gasteiger partial charge is 0.303 e. The Hall–Kier alpha value is -3.27. The molecule has 4 rings (SSSR count). The van der Waals surface area contributed by atoms with Gasteiger partial charge in [-0.3, -0.25) is 9.69 Å². The van der Waals surface area contributed by atoms with E-state index in [1.54, 1.807) is 0 Å². The van der Waals surface area contributed by atoms with Crippen LogP contribution in [0.15, 0.2) is 78.2 Å². The highest BCUT2D eigenvalue weighted by molar-refractivity contribution is 5.66. The number of carboxylic acids is 1. The first kappa shape index (κ1) is 21.9. The molecular weight excluding hydrogens is 402 g/mol. The molecule has 2 aliphatic heterocycles. The van der Waals surface area contributed by atoms with Crippen LogP contribution in [-0.2, 0) is 16.0 Å². The van der Waals surface area contributed by atoms with Gasteiger partial charge in [0, 0.05) is 24.4 Å².